The van der Waals surface area contributed by atoms with Crippen molar-refractivity contribution in [1.82, 2.24) is 5.32 Å². The van der Waals surface area contributed by atoms with Crippen LogP contribution in [0.5, 0.6) is 0 Å². The number of rotatable bonds is 7. The van der Waals surface area contributed by atoms with Gasteiger partial charge in [0.25, 0.3) is 0 Å². The molecule has 0 spiro atoms. The molecule has 0 bridgehead atoms. The standard InChI is InChI=1S/C15H21NO3/c1-3-19-15(18)5-4-10-16-14(17)11-13-8-6-12(2)7-9-13/h6-9H,3-5,10-11H2,1-2H3,(H,16,17). The number of aryl methyl sites for hydroxylation is 1. The highest BCUT2D eigenvalue weighted by molar-refractivity contribution is 5.78. The number of nitrogens with one attached hydrogen (secondary N) is 1. The molecule has 4 nitrogen and oxygen atoms in total. The predicted molar refractivity (Wildman–Crippen MR) is 73.8 cm³/mol. The number of benzene rings is 1. The molecule has 0 aromatic heterocycles. The zero-order chi connectivity index (χ0) is 14.1. The molecule has 0 aliphatic rings. The van der Waals surface area contributed by atoms with Crippen LogP contribution in [-0.4, -0.2) is 25.0 Å². The van der Waals surface area contributed by atoms with Gasteiger partial charge in [-0.15, -0.1) is 0 Å². The zero-order valence-electron chi connectivity index (χ0n) is 11.6. The summed E-state index contributed by atoms with van der Waals surface area (Å²) in [7, 11) is 0. The third-order valence-electron chi connectivity index (χ3n) is 2.67. The van der Waals surface area contributed by atoms with E-state index in [2.05, 4.69) is 5.32 Å². The second-order valence-electron chi connectivity index (χ2n) is 4.42. The number of ether oxygens (including phenoxy) is 1. The lowest BCUT2D eigenvalue weighted by Gasteiger charge is -2.05. The third-order valence-corrected chi connectivity index (χ3v) is 2.67. The van der Waals surface area contributed by atoms with Gasteiger partial charge in [-0.25, -0.2) is 0 Å². The number of carbonyl (C=O) groups is 2. The van der Waals surface area contributed by atoms with E-state index in [9.17, 15) is 9.59 Å². The molecule has 0 aliphatic heterocycles. The molecule has 104 valence electrons. The van der Waals surface area contributed by atoms with E-state index in [-0.39, 0.29) is 11.9 Å². The van der Waals surface area contributed by atoms with Gasteiger partial charge in [0.2, 0.25) is 5.91 Å². The Bertz CT molecular complexity index is 412. The summed E-state index contributed by atoms with van der Waals surface area (Å²) in [6.07, 6.45) is 1.33. The van der Waals surface area contributed by atoms with Crippen LogP contribution in [0.1, 0.15) is 30.9 Å². The number of amides is 1. The van der Waals surface area contributed by atoms with E-state index in [4.69, 9.17) is 4.74 Å². The van der Waals surface area contributed by atoms with Crippen molar-refractivity contribution >= 4 is 11.9 Å². The van der Waals surface area contributed by atoms with E-state index in [0.717, 1.165) is 5.56 Å². The van der Waals surface area contributed by atoms with E-state index >= 15 is 0 Å². The third kappa shape index (κ3) is 6.60. The fourth-order valence-electron chi connectivity index (χ4n) is 1.65. The summed E-state index contributed by atoms with van der Waals surface area (Å²) in [6, 6.07) is 7.88. The molecule has 0 saturated heterocycles. The smallest absolute Gasteiger partial charge is 0.305 e. The maximum absolute atomic E-state index is 11.6. The Balaban J connectivity index is 2.18. The monoisotopic (exact) mass is 263 g/mol. The van der Waals surface area contributed by atoms with Crippen LogP contribution in [0, 0.1) is 6.92 Å². The normalized spacial score (nSPS) is 10.0. The second-order valence-corrected chi connectivity index (χ2v) is 4.42. The minimum Gasteiger partial charge on any atom is -0.466 e. The summed E-state index contributed by atoms with van der Waals surface area (Å²) < 4.78 is 4.80. The number of hydrogen-bond donors (Lipinski definition) is 1. The summed E-state index contributed by atoms with van der Waals surface area (Å²) in [6.45, 7) is 4.70. The van der Waals surface area contributed by atoms with Crippen LogP contribution in [0.25, 0.3) is 0 Å². The van der Waals surface area contributed by atoms with Crippen molar-refractivity contribution in [3.05, 3.63) is 35.4 Å². The molecule has 4 heteroatoms. The van der Waals surface area contributed by atoms with Gasteiger partial charge in [-0.2, -0.15) is 0 Å². The maximum Gasteiger partial charge on any atom is 0.305 e. The summed E-state index contributed by atoms with van der Waals surface area (Å²) in [4.78, 5) is 22.7. The molecule has 1 amide bonds. The van der Waals surface area contributed by atoms with Crippen LogP contribution in [0.3, 0.4) is 0 Å². The Morgan fingerprint density at radius 3 is 2.53 bits per heavy atom. The fraction of sp³-hybridized carbons (Fsp3) is 0.467. The minimum absolute atomic E-state index is 0.0206. The zero-order valence-corrected chi connectivity index (χ0v) is 11.6. The Morgan fingerprint density at radius 1 is 1.21 bits per heavy atom. The van der Waals surface area contributed by atoms with Gasteiger partial charge in [0.15, 0.2) is 0 Å². The first kappa shape index (κ1) is 15.2. The molecular formula is C15H21NO3. The molecule has 0 atom stereocenters. The molecule has 0 radical (unpaired) electrons. The second kappa shape index (κ2) is 8.29. The summed E-state index contributed by atoms with van der Waals surface area (Å²) >= 11 is 0. The lowest BCUT2D eigenvalue weighted by molar-refractivity contribution is -0.143. The van der Waals surface area contributed by atoms with Crippen LogP contribution in [0.15, 0.2) is 24.3 Å². The Labute approximate surface area is 114 Å². The average Bonchev–Trinajstić information content (AvgIpc) is 2.38. The highest BCUT2D eigenvalue weighted by Gasteiger charge is 2.04. The van der Waals surface area contributed by atoms with Gasteiger partial charge in [-0.1, -0.05) is 29.8 Å². The van der Waals surface area contributed by atoms with Crippen molar-refractivity contribution in [2.24, 2.45) is 0 Å². The topological polar surface area (TPSA) is 55.4 Å². The first-order valence-corrected chi connectivity index (χ1v) is 6.59. The summed E-state index contributed by atoms with van der Waals surface area (Å²) in [5.41, 5.74) is 2.17. The Kier molecular flexibility index (Phi) is 6.64. The first-order chi connectivity index (χ1) is 9.11. The lowest BCUT2D eigenvalue weighted by atomic mass is 10.1. The van der Waals surface area contributed by atoms with Gasteiger partial charge >= 0.3 is 5.97 Å². The van der Waals surface area contributed by atoms with Crippen molar-refractivity contribution in [1.29, 1.82) is 0 Å². The van der Waals surface area contributed by atoms with Crippen molar-refractivity contribution in [3.63, 3.8) is 0 Å². The first-order valence-electron chi connectivity index (χ1n) is 6.59. The minimum atomic E-state index is -0.213. The van der Waals surface area contributed by atoms with Crippen LogP contribution in [0.4, 0.5) is 0 Å². The number of hydrogen-bond acceptors (Lipinski definition) is 3. The van der Waals surface area contributed by atoms with Crippen LogP contribution in [-0.2, 0) is 20.7 Å². The Hall–Kier alpha value is -1.84. The maximum atomic E-state index is 11.6. The Morgan fingerprint density at radius 2 is 1.89 bits per heavy atom. The lowest BCUT2D eigenvalue weighted by Crippen LogP contribution is -2.26. The summed E-state index contributed by atoms with van der Waals surface area (Å²) in [5, 5.41) is 2.80. The molecule has 19 heavy (non-hydrogen) atoms. The average molecular weight is 263 g/mol. The van der Waals surface area contributed by atoms with Gasteiger partial charge in [0.1, 0.15) is 0 Å². The largest absolute Gasteiger partial charge is 0.466 e. The van der Waals surface area contributed by atoms with Gasteiger partial charge in [0.05, 0.1) is 13.0 Å². The molecule has 0 unspecified atom stereocenters. The van der Waals surface area contributed by atoms with Gasteiger partial charge < -0.3 is 10.1 Å². The van der Waals surface area contributed by atoms with E-state index in [0.29, 0.717) is 32.4 Å². The van der Waals surface area contributed by atoms with E-state index in [1.807, 2.05) is 31.2 Å². The van der Waals surface area contributed by atoms with Crippen molar-refractivity contribution in [2.75, 3.05) is 13.2 Å². The SMILES string of the molecule is CCOC(=O)CCCNC(=O)Cc1ccc(C)cc1. The highest BCUT2D eigenvalue weighted by Crippen LogP contribution is 2.03. The highest BCUT2D eigenvalue weighted by atomic mass is 16.5. The van der Waals surface area contributed by atoms with Crippen molar-refractivity contribution < 1.29 is 14.3 Å². The number of carbonyl (C=O) groups excluding carboxylic acids is 2. The molecule has 0 aliphatic carbocycles. The molecule has 1 aromatic carbocycles. The van der Waals surface area contributed by atoms with Gasteiger partial charge in [0, 0.05) is 13.0 Å². The quantitative estimate of drug-likeness (QED) is 0.604. The van der Waals surface area contributed by atoms with Crippen molar-refractivity contribution in [3.8, 4) is 0 Å². The van der Waals surface area contributed by atoms with Gasteiger partial charge in [-0.05, 0) is 25.8 Å². The molecule has 0 fully saturated rings. The van der Waals surface area contributed by atoms with Crippen LogP contribution >= 0.6 is 0 Å². The molecule has 1 N–H and O–H groups in total. The van der Waals surface area contributed by atoms with Crippen LogP contribution in [0.2, 0.25) is 0 Å². The summed E-state index contributed by atoms with van der Waals surface area (Å²) in [5.74, 6) is -0.233. The van der Waals surface area contributed by atoms with E-state index in [1.165, 1.54) is 5.56 Å². The fourth-order valence-corrected chi connectivity index (χ4v) is 1.65. The number of esters is 1. The molecule has 0 heterocycles. The van der Waals surface area contributed by atoms with E-state index < -0.39 is 0 Å². The van der Waals surface area contributed by atoms with Crippen molar-refractivity contribution in [2.45, 2.75) is 33.1 Å². The van der Waals surface area contributed by atoms with Gasteiger partial charge in [-0.3, -0.25) is 9.59 Å². The molecule has 1 aromatic rings. The molecular weight excluding hydrogens is 242 g/mol. The van der Waals surface area contributed by atoms with Crippen LogP contribution < -0.4 is 5.32 Å². The predicted octanol–water partition coefficient (Wildman–Crippen LogP) is 2.00. The molecule has 1 rings (SSSR count). The molecule has 0 saturated carbocycles. The van der Waals surface area contributed by atoms with E-state index in [1.54, 1.807) is 6.92 Å².